The van der Waals surface area contributed by atoms with Gasteiger partial charge in [-0.25, -0.2) is 61.5 Å². The number of rotatable bonds is 11. The van der Waals surface area contributed by atoms with Crippen molar-refractivity contribution < 1.29 is 116 Å². The lowest BCUT2D eigenvalue weighted by atomic mass is 9.95. The summed E-state index contributed by atoms with van der Waals surface area (Å²) in [5.41, 5.74) is -6.44. The van der Waals surface area contributed by atoms with Gasteiger partial charge in [-0.2, -0.15) is 26.3 Å². The first-order valence-corrected chi connectivity index (χ1v) is 23.8. The first-order chi connectivity index (χ1) is 39.8. The zero-order valence-electron chi connectivity index (χ0n) is 40.2. The van der Waals surface area contributed by atoms with E-state index >= 15 is 8.78 Å². The number of halogens is 20. The molecule has 430 valence electrons. The number of fused-ring (bicyclic) bond motifs is 2. The molecular weight excluding hydrogens is 1200 g/mol. The second-order valence-electron chi connectivity index (χ2n) is 16.7. The maximum Gasteiger partial charge on any atom is 0.213 e. The molecule has 0 bridgehead atoms. The molecule has 0 saturated carbocycles. The lowest BCUT2D eigenvalue weighted by molar-refractivity contribution is -0.255. The predicted octanol–water partition coefficient (Wildman–Crippen LogP) is 15.9. The highest BCUT2D eigenvalue weighted by molar-refractivity contribution is 7.97. The van der Waals surface area contributed by atoms with Gasteiger partial charge < -0.3 is 28.5 Å². The van der Waals surface area contributed by atoms with Crippen LogP contribution in [0.15, 0.2) is 133 Å². The van der Waals surface area contributed by atoms with E-state index in [0.717, 1.165) is 4.90 Å². The van der Waals surface area contributed by atoms with E-state index in [9.17, 15) is 93.7 Å². The van der Waals surface area contributed by atoms with Crippen molar-refractivity contribution in [2.45, 2.75) is 14.7 Å². The normalized spacial score (nSPS) is 11.3. The lowest BCUT2D eigenvalue weighted by Gasteiger charge is -2.24. The van der Waals surface area contributed by atoms with Crippen LogP contribution < -0.4 is 24.7 Å². The van der Waals surface area contributed by atoms with Gasteiger partial charge in [0.15, 0.2) is 49.5 Å². The van der Waals surface area contributed by atoms with Crippen molar-refractivity contribution >= 4 is 38.8 Å². The summed E-state index contributed by atoms with van der Waals surface area (Å²) >= 11 is 0. The zero-order valence-corrected chi connectivity index (χ0v) is 41.0. The Labute approximate surface area is 455 Å². The largest absolute Gasteiger partial charge is 0.545 e. The molecule has 9 aromatic carbocycles. The summed E-state index contributed by atoms with van der Waals surface area (Å²) in [5, 5.41) is 13.5. The van der Waals surface area contributed by atoms with E-state index in [1.54, 1.807) is 0 Å². The third kappa shape index (κ3) is 10.1. The molecule has 0 aliphatic heterocycles. The van der Waals surface area contributed by atoms with Gasteiger partial charge in [0.1, 0.15) is 11.2 Å². The average Bonchev–Trinajstić information content (AvgIpc) is 1.99. The summed E-state index contributed by atoms with van der Waals surface area (Å²) in [7, 11) is -0.293. The third-order valence-corrected chi connectivity index (χ3v) is 14.0. The maximum absolute atomic E-state index is 15.2. The fourth-order valence-corrected chi connectivity index (χ4v) is 10.0. The number of hydrogen-bond acceptors (Lipinski definition) is 7. The highest BCUT2D eigenvalue weighted by atomic mass is 32.2. The number of carboxylic acid groups (broad SMARTS) is 1. The smallest absolute Gasteiger partial charge is 0.213 e. The molecule has 7 nitrogen and oxygen atoms in total. The number of hydrogen-bond donors (Lipinski definition) is 0. The number of carbonyl (C=O) groups excluding carboxylic acids is 1. The van der Waals surface area contributed by atoms with Crippen molar-refractivity contribution in [1.29, 1.82) is 0 Å². The van der Waals surface area contributed by atoms with Crippen LogP contribution in [0, 0.1) is 116 Å². The molecule has 0 spiro atoms. The lowest BCUT2D eigenvalue weighted by Crippen LogP contribution is -2.24. The number of aromatic carboxylic acids is 1. The molecule has 0 N–H and O–H groups in total. The summed E-state index contributed by atoms with van der Waals surface area (Å²) in [4.78, 5) is 28.9. The second-order valence-corrected chi connectivity index (χ2v) is 18.7. The Bertz CT molecular complexity index is 4280. The minimum Gasteiger partial charge on any atom is -0.545 e. The molecule has 0 aliphatic carbocycles. The van der Waals surface area contributed by atoms with Crippen LogP contribution in [0.4, 0.5) is 87.8 Å². The van der Waals surface area contributed by atoms with E-state index < -0.39 is 180 Å². The summed E-state index contributed by atoms with van der Waals surface area (Å²) < 4.78 is 308. The van der Waals surface area contributed by atoms with Gasteiger partial charge in [0.05, 0.1) is 33.2 Å². The maximum atomic E-state index is 15.2. The Morgan fingerprint density at radius 1 is 0.345 bits per heavy atom. The Morgan fingerprint density at radius 2 is 0.702 bits per heavy atom. The van der Waals surface area contributed by atoms with Gasteiger partial charge in [-0.3, -0.25) is 4.79 Å². The number of para-hydroxylation sites is 1. The summed E-state index contributed by atoms with van der Waals surface area (Å²) in [6.45, 7) is 0. The highest BCUT2D eigenvalue weighted by Gasteiger charge is 2.39. The van der Waals surface area contributed by atoms with Crippen LogP contribution in [-0.2, 0) is 10.9 Å². The Balaban J connectivity index is 0.000000250. The summed E-state index contributed by atoms with van der Waals surface area (Å²) in [5.74, 6) is -81.2. The van der Waals surface area contributed by atoms with Crippen molar-refractivity contribution in [1.82, 2.24) is 0 Å². The third-order valence-electron chi connectivity index (χ3n) is 11.8. The molecule has 0 unspecified atom stereocenters. The van der Waals surface area contributed by atoms with Crippen LogP contribution >= 0.6 is 0 Å². The highest BCUT2D eigenvalue weighted by Crippen LogP contribution is 2.55. The van der Waals surface area contributed by atoms with Gasteiger partial charge in [0.2, 0.25) is 122 Å². The van der Waals surface area contributed by atoms with E-state index in [1.807, 2.05) is 48.5 Å². The standard InChI is InChI=1S/C31H2F20O5.C25H17O2S/c32-6-5(7(33)9(35)10(36)8(6)34)4-2(31(52)53)1-3(54-28-20(46)14(40)11(37)15(41)21(28)47)26(55-29-22(48)16(42)12(38)17(43)23(29)49)27(4)56-30-24(50)18(44)13(39)19(45)25(30)51;26-25-21-13-7-8-14-23(21)27-24-16-15-20(17-22(24)25)28(18-9-3-1-4-10-18)19-11-5-2-6-12-19/h1H,(H,52,53);1-17H/q;+1/p-1. The summed E-state index contributed by atoms with van der Waals surface area (Å²) in [6, 6.07) is 33.6. The molecule has 1 aromatic heterocycles. The number of benzene rings is 9. The van der Waals surface area contributed by atoms with Crippen LogP contribution in [0.3, 0.4) is 0 Å². The minimum absolute atomic E-state index is 0.0170. The van der Waals surface area contributed by atoms with E-state index in [1.165, 1.54) is 9.79 Å². The SMILES string of the molecule is O=C([O-])c1cc(Oc2c(F)c(F)c(F)c(F)c2F)c(Oc2c(F)c(F)c(F)c(F)c2F)c(Oc2c(F)c(F)c(F)c(F)c2F)c1-c1c(F)c(F)c(F)c(F)c1F.O=c1c2ccccc2oc2ccc([S+](c3ccccc3)c3ccccc3)cc12. The van der Waals surface area contributed by atoms with Gasteiger partial charge in [-0.05, 0) is 54.6 Å². The topological polar surface area (TPSA) is 98.0 Å². The molecule has 0 saturated heterocycles. The molecule has 0 radical (unpaired) electrons. The van der Waals surface area contributed by atoms with Crippen LogP contribution in [0.2, 0.25) is 0 Å². The van der Waals surface area contributed by atoms with Crippen LogP contribution in [0.25, 0.3) is 33.1 Å². The fourth-order valence-electron chi connectivity index (χ4n) is 7.89. The first kappa shape index (κ1) is 58.9. The number of ether oxygens (including phenoxy) is 3. The second kappa shape index (κ2) is 22.9. The van der Waals surface area contributed by atoms with Crippen LogP contribution in [0.1, 0.15) is 10.4 Å². The van der Waals surface area contributed by atoms with Gasteiger partial charge >= 0.3 is 0 Å². The van der Waals surface area contributed by atoms with Crippen molar-refractivity contribution in [2.24, 2.45) is 0 Å². The first-order valence-electron chi connectivity index (χ1n) is 22.6. The summed E-state index contributed by atoms with van der Waals surface area (Å²) in [6.07, 6.45) is 0. The molecule has 0 atom stereocenters. The molecule has 84 heavy (non-hydrogen) atoms. The van der Waals surface area contributed by atoms with E-state index in [-0.39, 0.29) is 16.3 Å². The number of carbonyl (C=O) groups is 1. The van der Waals surface area contributed by atoms with E-state index in [0.29, 0.717) is 21.9 Å². The molecule has 10 aromatic rings. The molecule has 0 amide bonds. The minimum atomic E-state index is -3.17. The Kier molecular flexibility index (Phi) is 16.1. The van der Waals surface area contributed by atoms with Crippen molar-refractivity contribution in [2.75, 3.05) is 0 Å². The average molecular weight is 1210 g/mol. The Morgan fingerprint density at radius 3 is 1.13 bits per heavy atom. The number of carboxylic acids is 1. The molecule has 28 heteroatoms. The predicted molar refractivity (Wildman–Crippen MR) is 250 cm³/mol. The van der Waals surface area contributed by atoms with Crippen LogP contribution in [0.5, 0.6) is 34.5 Å². The van der Waals surface area contributed by atoms with E-state index in [4.69, 9.17) is 4.42 Å². The van der Waals surface area contributed by atoms with Crippen molar-refractivity contribution in [3.8, 4) is 45.6 Å². The van der Waals surface area contributed by atoms with Crippen molar-refractivity contribution in [3.05, 3.63) is 241 Å². The van der Waals surface area contributed by atoms with Gasteiger partial charge in [-0.15, -0.1) is 0 Å². The molecular formula is C56H18F20O7S. The zero-order chi connectivity index (χ0) is 61.1. The van der Waals surface area contributed by atoms with Gasteiger partial charge in [-0.1, -0.05) is 48.5 Å². The van der Waals surface area contributed by atoms with Crippen molar-refractivity contribution in [3.63, 3.8) is 0 Å². The Hall–Kier alpha value is -9.73. The molecule has 1 heterocycles. The van der Waals surface area contributed by atoms with E-state index in [2.05, 4.69) is 68.8 Å². The van der Waals surface area contributed by atoms with Gasteiger partial charge in [0.25, 0.3) is 0 Å². The molecule has 0 fully saturated rings. The molecule has 10 rings (SSSR count). The van der Waals surface area contributed by atoms with Crippen LogP contribution in [-0.4, -0.2) is 5.97 Å². The monoisotopic (exact) mass is 1210 g/mol. The van der Waals surface area contributed by atoms with Gasteiger partial charge in [0, 0.05) is 17.2 Å². The fraction of sp³-hybridized carbons (Fsp3) is 0. The molecule has 0 aliphatic rings. The quantitative estimate of drug-likeness (QED) is 0.0418.